The first-order valence-electron chi connectivity index (χ1n) is 8.65. The molecule has 3 N–H and O–H groups in total. The number of hydrogen-bond acceptors (Lipinski definition) is 4. The summed E-state index contributed by atoms with van der Waals surface area (Å²) in [6.45, 7) is 4.39. The number of allylic oxidation sites excluding steroid dienone is 1. The second-order valence-electron chi connectivity index (χ2n) is 5.92. The molecule has 0 aromatic heterocycles. The van der Waals surface area contributed by atoms with Gasteiger partial charge in [0.15, 0.2) is 0 Å². The number of aliphatic hydroxyl groups excluding tert-OH is 2. The number of carbonyl (C=O) groups is 1. The molecule has 0 rings (SSSR count). The van der Waals surface area contributed by atoms with Crippen molar-refractivity contribution >= 4 is 5.97 Å². The summed E-state index contributed by atoms with van der Waals surface area (Å²) in [6.07, 6.45) is 9.65. The maximum Gasteiger partial charge on any atom is 0.309 e. The first kappa shape index (κ1) is 21.9. The molecule has 136 valence electrons. The summed E-state index contributed by atoms with van der Waals surface area (Å²) in [4.78, 5) is 10.8. The molecule has 23 heavy (non-hydrogen) atoms. The van der Waals surface area contributed by atoms with Crippen LogP contribution in [0.3, 0.4) is 0 Å². The van der Waals surface area contributed by atoms with Gasteiger partial charge in [-0.3, -0.25) is 4.79 Å². The molecule has 0 amide bonds. The van der Waals surface area contributed by atoms with E-state index in [0.29, 0.717) is 37.3 Å². The fraction of sp³-hybridized carbons (Fsp3) is 0.824. The summed E-state index contributed by atoms with van der Waals surface area (Å²) in [6, 6.07) is 0. The molecule has 6 nitrogen and oxygen atoms in total. The average molecular weight is 332 g/mol. The fourth-order valence-electron chi connectivity index (χ4n) is 2.57. The maximum atomic E-state index is 10.8. The van der Waals surface area contributed by atoms with E-state index in [9.17, 15) is 15.0 Å². The Morgan fingerprint density at radius 2 is 1.74 bits per heavy atom. The standard InChI is InChI=1S/C17H33NO5/c1-2-3-4-5-6-7-15-23-16-12-18(10-13-19,11-14-20)9-8-17(21)22/h7,15,19-20H,2-6,8-14,16H2,1H3/p+1/b15-7+. The highest BCUT2D eigenvalue weighted by atomic mass is 16.5. The quantitative estimate of drug-likeness (QED) is 0.228. The third-order valence-electron chi connectivity index (χ3n) is 4.05. The molecule has 0 saturated heterocycles. The van der Waals surface area contributed by atoms with E-state index in [2.05, 4.69) is 6.92 Å². The fourth-order valence-corrected chi connectivity index (χ4v) is 2.57. The molecule has 0 radical (unpaired) electrons. The van der Waals surface area contributed by atoms with Crippen LogP contribution in [-0.2, 0) is 9.53 Å². The zero-order valence-electron chi connectivity index (χ0n) is 14.5. The summed E-state index contributed by atoms with van der Waals surface area (Å²) >= 11 is 0. The predicted octanol–water partition coefficient (Wildman–Crippen LogP) is 1.76. The average Bonchev–Trinajstić information content (AvgIpc) is 2.52. The number of hydrogen-bond donors (Lipinski definition) is 3. The van der Waals surface area contributed by atoms with Crippen LogP contribution in [0.4, 0.5) is 0 Å². The maximum absolute atomic E-state index is 10.8. The van der Waals surface area contributed by atoms with E-state index >= 15 is 0 Å². The van der Waals surface area contributed by atoms with Crippen LogP contribution >= 0.6 is 0 Å². The van der Waals surface area contributed by atoms with Gasteiger partial charge >= 0.3 is 5.97 Å². The normalized spacial score (nSPS) is 12.0. The highest BCUT2D eigenvalue weighted by molar-refractivity contribution is 5.66. The van der Waals surface area contributed by atoms with E-state index in [4.69, 9.17) is 9.84 Å². The number of rotatable bonds is 16. The highest BCUT2D eigenvalue weighted by Crippen LogP contribution is 2.09. The van der Waals surface area contributed by atoms with Gasteiger partial charge in [-0.2, -0.15) is 0 Å². The lowest BCUT2D eigenvalue weighted by Gasteiger charge is -2.37. The summed E-state index contributed by atoms with van der Waals surface area (Å²) in [5, 5.41) is 27.3. The van der Waals surface area contributed by atoms with Crippen LogP contribution in [0.1, 0.15) is 45.4 Å². The Balaban J connectivity index is 4.16. The van der Waals surface area contributed by atoms with E-state index in [-0.39, 0.29) is 19.6 Å². The first-order valence-corrected chi connectivity index (χ1v) is 8.65. The lowest BCUT2D eigenvalue weighted by Crippen LogP contribution is -2.54. The second-order valence-corrected chi connectivity index (χ2v) is 5.92. The number of aliphatic hydroxyl groups is 2. The summed E-state index contributed by atoms with van der Waals surface area (Å²) in [5.41, 5.74) is 0. The van der Waals surface area contributed by atoms with E-state index in [1.165, 1.54) is 25.7 Å². The summed E-state index contributed by atoms with van der Waals surface area (Å²) in [7, 11) is 0. The zero-order chi connectivity index (χ0) is 17.4. The van der Waals surface area contributed by atoms with Gasteiger partial charge in [0.25, 0.3) is 0 Å². The van der Waals surface area contributed by atoms with Crippen molar-refractivity contribution in [3.8, 4) is 0 Å². The molecule has 0 aromatic carbocycles. The molecular formula is C17H34NO5+. The number of aliphatic carboxylic acids is 1. The molecule has 0 aliphatic carbocycles. The summed E-state index contributed by atoms with van der Waals surface area (Å²) in [5.74, 6) is -0.865. The van der Waals surface area contributed by atoms with Crippen LogP contribution in [0.5, 0.6) is 0 Å². The van der Waals surface area contributed by atoms with Crippen molar-refractivity contribution in [2.24, 2.45) is 0 Å². The van der Waals surface area contributed by atoms with Crippen LogP contribution in [-0.4, -0.2) is 71.8 Å². The first-order chi connectivity index (χ1) is 11.1. The Labute approximate surface area is 140 Å². The Morgan fingerprint density at radius 3 is 2.30 bits per heavy atom. The van der Waals surface area contributed by atoms with Crippen molar-refractivity contribution in [2.45, 2.75) is 45.4 Å². The van der Waals surface area contributed by atoms with Crippen molar-refractivity contribution in [1.82, 2.24) is 0 Å². The Morgan fingerprint density at radius 1 is 1.04 bits per heavy atom. The Hall–Kier alpha value is -1.11. The van der Waals surface area contributed by atoms with E-state index in [1.54, 1.807) is 6.26 Å². The van der Waals surface area contributed by atoms with Crippen LogP contribution in [0.2, 0.25) is 0 Å². The Kier molecular flexibility index (Phi) is 13.8. The van der Waals surface area contributed by atoms with Crippen LogP contribution in [0, 0.1) is 0 Å². The lowest BCUT2D eigenvalue weighted by atomic mass is 10.1. The van der Waals surface area contributed by atoms with Gasteiger partial charge in [-0.1, -0.05) is 26.2 Å². The zero-order valence-corrected chi connectivity index (χ0v) is 14.5. The van der Waals surface area contributed by atoms with Gasteiger partial charge in [-0.25, -0.2) is 0 Å². The van der Waals surface area contributed by atoms with Gasteiger partial charge in [-0.15, -0.1) is 0 Å². The van der Waals surface area contributed by atoms with Crippen molar-refractivity contribution in [3.05, 3.63) is 12.3 Å². The summed E-state index contributed by atoms with van der Waals surface area (Å²) < 4.78 is 5.85. The van der Waals surface area contributed by atoms with Gasteiger partial charge in [0, 0.05) is 0 Å². The molecule has 0 fully saturated rings. The molecule has 0 saturated carbocycles. The number of unbranched alkanes of at least 4 members (excludes halogenated alkanes) is 4. The molecule has 0 heterocycles. The van der Waals surface area contributed by atoms with Gasteiger partial charge in [0.05, 0.1) is 32.4 Å². The smallest absolute Gasteiger partial charge is 0.309 e. The Bertz CT molecular complexity index is 314. The van der Waals surface area contributed by atoms with Gasteiger partial charge in [0.1, 0.15) is 26.2 Å². The number of carboxylic acids is 1. The van der Waals surface area contributed by atoms with E-state index < -0.39 is 5.97 Å². The monoisotopic (exact) mass is 332 g/mol. The molecule has 6 heteroatoms. The largest absolute Gasteiger partial charge is 0.496 e. The lowest BCUT2D eigenvalue weighted by molar-refractivity contribution is -0.928. The topological polar surface area (TPSA) is 87.0 Å². The minimum absolute atomic E-state index is 0.0211. The number of ether oxygens (including phenoxy) is 1. The number of carboxylic acid groups (broad SMARTS) is 1. The third-order valence-corrected chi connectivity index (χ3v) is 4.05. The molecule has 0 aliphatic rings. The molecule has 0 aromatic rings. The molecular weight excluding hydrogens is 298 g/mol. The van der Waals surface area contributed by atoms with Crippen molar-refractivity contribution < 1.29 is 29.3 Å². The predicted molar refractivity (Wildman–Crippen MR) is 90.0 cm³/mol. The molecule has 0 aliphatic heterocycles. The second kappa shape index (κ2) is 14.5. The van der Waals surface area contributed by atoms with Crippen molar-refractivity contribution in [2.75, 3.05) is 46.0 Å². The van der Waals surface area contributed by atoms with Gasteiger partial charge < -0.3 is 24.5 Å². The van der Waals surface area contributed by atoms with Crippen LogP contribution in [0.25, 0.3) is 0 Å². The van der Waals surface area contributed by atoms with Gasteiger partial charge in [0.2, 0.25) is 0 Å². The van der Waals surface area contributed by atoms with Gasteiger partial charge in [-0.05, 0) is 18.9 Å². The minimum Gasteiger partial charge on any atom is -0.496 e. The number of quaternary nitrogens is 1. The molecule has 0 atom stereocenters. The highest BCUT2D eigenvalue weighted by Gasteiger charge is 2.27. The molecule has 0 spiro atoms. The van der Waals surface area contributed by atoms with E-state index in [0.717, 1.165) is 6.42 Å². The minimum atomic E-state index is -0.865. The van der Waals surface area contributed by atoms with Crippen molar-refractivity contribution in [3.63, 3.8) is 0 Å². The molecule has 0 unspecified atom stereocenters. The van der Waals surface area contributed by atoms with Crippen LogP contribution < -0.4 is 0 Å². The number of nitrogens with zero attached hydrogens (tertiary/aromatic N) is 1. The third kappa shape index (κ3) is 12.0. The van der Waals surface area contributed by atoms with E-state index in [1.807, 2.05) is 6.08 Å². The SMILES string of the molecule is CCCCCC/C=C/OCC[N+](CCO)(CCO)CCC(=O)O. The van der Waals surface area contributed by atoms with Crippen LogP contribution in [0.15, 0.2) is 12.3 Å². The van der Waals surface area contributed by atoms with Crippen molar-refractivity contribution in [1.29, 1.82) is 0 Å². The molecule has 0 bridgehead atoms.